The summed E-state index contributed by atoms with van der Waals surface area (Å²) in [5.74, 6) is 0.893. The largest absolute Gasteiger partial charge is 0.496 e. The third-order valence-corrected chi connectivity index (χ3v) is 4.48. The van der Waals surface area contributed by atoms with Crippen LogP contribution in [-0.2, 0) is 6.42 Å². The number of hydrogen-bond acceptors (Lipinski definition) is 4. The van der Waals surface area contributed by atoms with Crippen LogP contribution in [0.3, 0.4) is 0 Å². The van der Waals surface area contributed by atoms with Gasteiger partial charge in [0.2, 0.25) is 0 Å². The molecule has 22 heavy (non-hydrogen) atoms. The van der Waals surface area contributed by atoms with E-state index >= 15 is 0 Å². The first kappa shape index (κ1) is 14.9. The molecular formula is C16H18ClN3O2. The lowest BCUT2D eigenvalue weighted by Gasteiger charge is -2.27. The van der Waals surface area contributed by atoms with Crippen LogP contribution in [-0.4, -0.2) is 29.9 Å². The second kappa shape index (κ2) is 6.40. The Hall–Kier alpha value is -2.01. The Labute approximate surface area is 133 Å². The van der Waals surface area contributed by atoms with Crippen molar-refractivity contribution in [3.05, 3.63) is 51.4 Å². The summed E-state index contributed by atoms with van der Waals surface area (Å²) >= 11 is 6.15. The number of para-hydroxylation sites is 1. The number of benzene rings is 1. The SMILES string of the molecule is COc1ccccc1CC1CCCN1c1cn[nH]c(=O)c1Cl. The van der Waals surface area contributed by atoms with Crippen LogP contribution in [0.1, 0.15) is 18.4 Å². The summed E-state index contributed by atoms with van der Waals surface area (Å²) in [7, 11) is 1.68. The Bertz CT molecular complexity index is 717. The Morgan fingerprint density at radius 3 is 3.09 bits per heavy atom. The first-order valence-electron chi connectivity index (χ1n) is 7.32. The predicted molar refractivity (Wildman–Crippen MR) is 86.9 cm³/mol. The first-order chi connectivity index (χ1) is 10.7. The van der Waals surface area contributed by atoms with Gasteiger partial charge in [-0.3, -0.25) is 4.79 Å². The molecule has 6 heteroatoms. The average molecular weight is 320 g/mol. The van der Waals surface area contributed by atoms with Crippen molar-refractivity contribution in [1.29, 1.82) is 0 Å². The van der Waals surface area contributed by atoms with Gasteiger partial charge in [0.1, 0.15) is 10.8 Å². The van der Waals surface area contributed by atoms with Crippen molar-refractivity contribution < 1.29 is 4.74 Å². The third kappa shape index (κ3) is 2.81. The molecule has 0 saturated carbocycles. The van der Waals surface area contributed by atoms with E-state index in [1.54, 1.807) is 13.3 Å². The summed E-state index contributed by atoms with van der Waals surface area (Å²) in [4.78, 5) is 13.8. The number of hydrogen-bond donors (Lipinski definition) is 1. The van der Waals surface area contributed by atoms with Crippen molar-refractivity contribution in [3.63, 3.8) is 0 Å². The Morgan fingerprint density at radius 1 is 1.45 bits per heavy atom. The molecular weight excluding hydrogens is 302 g/mol. The third-order valence-electron chi connectivity index (χ3n) is 4.11. The van der Waals surface area contributed by atoms with Crippen molar-refractivity contribution in [2.75, 3.05) is 18.6 Å². The van der Waals surface area contributed by atoms with E-state index in [0.717, 1.165) is 37.1 Å². The maximum atomic E-state index is 11.7. The number of aromatic amines is 1. The number of anilines is 1. The average Bonchev–Trinajstić information content (AvgIpc) is 2.98. The van der Waals surface area contributed by atoms with Gasteiger partial charge >= 0.3 is 0 Å². The van der Waals surface area contributed by atoms with Crippen molar-refractivity contribution in [2.45, 2.75) is 25.3 Å². The number of rotatable bonds is 4. The van der Waals surface area contributed by atoms with Gasteiger partial charge in [-0.2, -0.15) is 5.10 Å². The normalized spacial score (nSPS) is 17.7. The molecule has 1 atom stereocenters. The maximum absolute atomic E-state index is 11.7. The summed E-state index contributed by atoms with van der Waals surface area (Å²) in [6.07, 6.45) is 4.61. The van der Waals surface area contributed by atoms with Crippen LogP contribution in [0.5, 0.6) is 5.75 Å². The molecule has 3 rings (SSSR count). The van der Waals surface area contributed by atoms with Crippen molar-refractivity contribution in [1.82, 2.24) is 10.2 Å². The predicted octanol–water partition coefficient (Wildman–Crippen LogP) is 2.64. The quantitative estimate of drug-likeness (QED) is 0.941. The fourth-order valence-electron chi connectivity index (χ4n) is 3.06. The fraction of sp³-hybridized carbons (Fsp3) is 0.375. The Balaban J connectivity index is 1.87. The molecule has 2 aromatic rings. The number of nitrogens with zero attached hydrogens (tertiary/aromatic N) is 2. The molecule has 0 amide bonds. The number of H-pyrrole nitrogens is 1. The minimum atomic E-state index is -0.345. The van der Waals surface area contributed by atoms with E-state index in [2.05, 4.69) is 21.2 Å². The number of methoxy groups -OCH3 is 1. The number of aromatic nitrogens is 2. The van der Waals surface area contributed by atoms with Crippen LogP contribution in [0.4, 0.5) is 5.69 Å². The minimum Gasteiger partial charge on any atom is -0.496 e. The zero-order valence-electron chi connectivity index (χ0n) is 12.4. The molecule has 116 valence electrons. The van der Waals surface area contributed by atoms with E-state index in [9.17, 15) is 4.79 Å². The van der Waals surface area contributed by atoms with E-state index in [-0.39, 0.29) is 16.6 Å². The smallest absolute Gasteiger partial charge is 0.285 e. The molecule has 1 aliphatic heterocycles. The van der Waals surface area contributed by atoms with Crippen LogP contribution in [0.2, 0.25) is 5.02 Å². The summed E-state index contributed by atoms with van der Waals surface area (Å²) in [5, 5.41) is 6.45. The maximum Gasteiger partial charge on any atom is 0.285 e. The molecule has 0 aliphatic carbocycles. The lowest BCUT2D eigenvalue weighted by atomic mass is 10.0. The van der Waals surface area contributed by atoms with Crippen LogP contribution in [0, 0.1) is 0 Å². The van der Waals surface area contributed by atoms with Crippen LogP contribution in [0.25, 0.3) is 0 Å². The second-order valence-corrected chi connectivity index (χ2v) is 5.78. The monoisotopic (exact) mass is 319 g/mol. The van der Waals surface area contributed by atoms with Gasteiger partial charge in [-0.05, 0) is 30.9 Å². The van der Waals surface area contributed by atoms with Crippen LogP contribution < -0.4 is 15.2 Å². The highest BCUT2D eigenvalue weighted by Gasteiger charge is 2.28. The van der Waals surface area contributed by atoms with Crippen LogP contribution in [0.15, 0.2) is 35.3 Å². The standard InChI is InChI=1S/C16H18ClN3O2/c1-22-14-7-3-2-5-11(14)9-12-6-4-8-20(12)13-10-18-19-16(21)15(13)17/h2-3,5,7,10,12H,4,6,8-9H2,1H3,(H,19,21). The van der Waals surface area contributed by atoms with E-state index in [1.165, 1.54) is 0 Å². The highest BCUT2D eigenvalue weighted by atomic mass is 35.5. The zero-order chi connectivity index (χ0) is 15.5. The molecule has 0 spiro atoms. The van der Waals surface area contributed by atoms with Gasteiger partial charge in [-0.25, -0.2) is 5.10 Å². The summed E-state index contributed by atoms with van der Waals surface area (Å²) in [5.41, 5.74) is 1.53. The first-order valence-corrected chi connectivity index (χ1v) is 7.70. The van der Waals surface area contributed by atoms with Gasteiger partial charge < -0.3 is 9.64 Å². The summed E-state index contributed by atoms with van der Waals surface area (Å²) in [6, 6.07) is 8.31. The molecule has 1 saturated heterocycles. The molecule has 0 radical (unpaired) electrons. The minimum absolute atomic E-state index is 0.210. The van der Waals surface area contributed by atoms with Crippen molar-refractivity contribution >= 4 is 17.3 Å². The van der Waals surface area contributed by atoms with Gasteiger partial charge in [-0.15, -0.1) is 0 Å². The van der Waals surface area contributed by atoms with Gasteiger partial charge in [0, 0.05) is 12.6 Å². The van der Waals surface area contributed by atoms with Crippen molar-refractivity contribution in [3.8, 4) is 5.75 Å². The van der Waals surface area contributed by atoms with E-state index in [1.807, 2.05) is 18.2 Å². The van der Waals surface area contributed by atoms with E-state index in [0.29, 0.717) is 5.69 Å². The fourth-order valence-corrected chi connectivity index (χ4v) is 3.26. The van der Waals surface area contributed by atoms with Crippen LogP contribution >= 0.6 is 11.6 Å². The molecule has 1 aromatic heterocycles. The topological polar surface area (TPSA) is 58.2 Å². The Morgan fingerprint density at radius 2 is 2.27 bits per heavy atom. The Kier molecular flexibility index (Phi) is 4.34. The van der Waals surface area contributed by atoms with E-state index in [4.69, 9.17) is 16.3 Å². The molecule has 1 aromatic carbocycles. The van der Waals surface area contributed by atoms with Gasteiger partial charge in [-0.1, -0.05) is 29.8 Å². The molecule has 1 aliphatic rings. The number of halogens is 1. The molecule has 2 heterocycles. The molecule has 0 bridgehead atoms. The number of ether oxygens (including phenoxy) is 1. The molecule has 1 N–H and O–H groups in total. The molecule has 1 unspecified atom stereocenters. The number of nitrogens with one attached hydrogen (secondary N) is 1. The highest BCUT2D eigenvalue weighted by molar-refractivity contribution is 6.33. The van der Waals surface area contributed by atoms with Crippen molar-refractivity contribution in [2.24, 2.45) is 0 Å². The molecule has 1 fully saturated rings. The summed E-state index contributed by atoms with van der Waals surface area (Å²) < 4.78 is 5.43. The summed E-state index contributed by atoms with van der Waals surface area (Å²) in [6.45, 7) is 0.880. The second-order valence-electron chi connectivity index (χ2n) is 5.40. The van der Waals surface area contributed by atoms with E-state index < -0.39 is 0 Å². The van der Waals surface area contributed by atoms with Gasteiger partial charge in [0.25, 0.3) is 5.56 Å². The van der Waals surface area contributed by atoms with Gasteiger partial charge in [0.05, 0.1) is 19.0 Å². The lowest BCUT2D eigenvalue weighted by Crippen LogP contribution is -2.32. The van der Waals surface area contributed by atoms with Gasteiger partial charge in [0.15, 0.2) is 0 Å². The lowest BCUT2D eigenvalue weighted by molar-refractivity contribution is 0.408. The highest BCUT2D eigenvalue weighted by Crippen LogP contribution is 2.32. The molecule has 5 nitrogen and oxygen atoms in total. The zero-order valence-corrected chi connectivity index (χ0v) is 13.1.